The van der Waals surface area contributed by atoms with Crippen LogP contribution in [0.15, 0.2) is 12.3 Å². The summed E-state index contributed by atoms with van der Waals surface area (Å²) in [7, 11) is 1.91. The molecule has 2 heterocycles. The van der Waals surface area contributed by atoms with Gasteiger partial charge in [-0.15, -0.1) is 0 Å². The molecule has 6 heteroatoms. The number of hydrogen-bond donors (Lipinski definition) is 1. The Morgan fingerprint density at radius 3 is 2.90 bits per heavy atom. The van der Waals surface area contributed by atoms with Crippen molar-refractivity contribution < 1.29 is 9.53 Å². The van der Waals surface area contributed by atoms with Gasteiger partial charge in [-0.1, -0.05) is 0 Å². The molecule has 1 aromatic heterocycles. The maximum absolute atomic E-state index is 12.1. The molecule has 1 atom stereocenters. The van der Waals surface area contributed by atoms with Gasteiger partial charge < -0.3 is 15.0 Å². The Bertz CT molecular complexity index is 478. The zero-order chi connectivity index (χ0) is 15.5. The number of hydrogen-bond acceptors (Lipinski definition) is 4. The molecule has 0 aromatic carbocycles. The Balaban J connectivity index is 1.81. The van der Waals surface area contributed by atoms with E-state index in [1.165, 1.54) is 0 Å². The predicted molar refractivity (Wildman–Crippen MR) is 80.9 cm³/mol. The Morgan fingerprint density at radius 2 is 2.29 bits per heavy atom. The van der Waals surface area contributed by atoms with Crippen molar-refractivity contribution in [2.75, 3.05) is 13.1 Å². The van der Waals surface area contributed by atoms with E-state index >= 15 is 0 Å². The number of aryl methyl sites for hydroxylation is 1. The van der Waals surface area contributed by atoms with Crippen LogP contribution in [0.4, 0.5) is 4.79 Å². The lowest BCUT2D eigenvalue weighted by Gasteiger charge is -2.34. The van der Waals surface area contributed by atoms with Crippen LogP contribution in [0.5, 0.6) is 0 Å². The van der Waals surface area contributed by atoms with Gasteiger partial charge in [-0.2, -0.15) is 5.10 Å². The maximum Gasteiger partial charge on any atom is 0.410 e. The molecule has 1 aliphatic rings. The number of carbonyl (C=O) groups excluding carboxylic acids is 1. The molecule has 118 valence electrons. The molecule has 1 amide bonds. The molecule has 1 saturated heterocycles. The van der Waals surface area contributed by atoms with E-state index in [9.17, 15) is 4.79 Å². The van der Waals surface area contributed by atoms with Crippen molar-refractivity contribution in [1.29, 1.82) is 0 Å². The number of nitrogens with one attached hydrogen (secondary N) is 1. The zero-order valence-corrected chi connectivity index (χ0v) is 13.4. The highest BCUT2D eigenvalue weighted by Crippen LogP contribution is 2.15. The molecule has 2 rings (SSSR count). The molecule has 1 aromatic rings. The van der Waals surface area contributed by atoms with E-state index < -0.39 is 5.60 Å². The third kappa shape index (κ3) is 5.04. The molecular weight excluding hydrogens is 268 g/mol. The molecule has 1 fully saturated rings. The van der Waals surface area contributed by atoms with E-state index in [1.807, 2.05) is 40.1 Å². The summed E-state index contributed by atoms with van der Waals surface area (Å²) >= 11 is 0. The largest absolute Gasteiger partial charge is 0.444 e. The van der Waals surface area contributed by atoms with Crippen LogP contribution in [0.25, 0.3) is 0 Å². The monoisotopic (exact) mass is 294 g/mol. The van der Waals surface area contributed by atoms with Gasteiger partial charge in [-0.3, -0.25) is 4.68 Å². The fourth-order valence-electron chi connectivity index (χ4n) is 2.44. The van der Waals surface area contributed by atoms with E-state index in [0.29, 0.717) is 12.6 Å². The van der Waals surface area contributed by atoms with Gasteiger partial charge in [0.25, 0.3) is 0 Å². The lowest BCUT2D eigenvalue weighted by Crippen LogP contribution is -2.49. The van der Waals surface area contributed by atoms with Crippen molar-refractivity contribution in [3.63, 3.8) is 0 Å². The van der Waals surface area contributed by atoms with Crippen molar-refractivity contribution in [3.8, 4) is 0 Å². The second-order valence-electron chi connectivity index (χ2n) is 6.63. The van der Waals surface area contributed by atoms with Gasteiger partial charge in [0.15, 0.2) is 0 Å². The molecule has 1 N–H and O–H groups in total. The standard InChI is InChI=1S/C15H26N4O2/c1-15(2,3)21-14(20)19-8-5-6-13(11-19)16-10-12-7-9-18(4)17-12/h7,9,13,16H,5-6,8,10-11H2,1-4H3. The first-order chi connectivity index (χ1) is 9.83. The molecule has 0 saturated carbocycles. The van der Waals surface area contributed by atoms with Crippen LogP contribution in [0.2, 0.25) is 0 Å². The topological polar surface area (TPSA) is 59.4 Å². The molecule has 0 radical (unpaired) electrons. The van der Waals surface area contributed by atoms with Gasteiger partial charge in [0, 0.05) is 38.9 Å². The third-order valence-corrected chi connectivity index (χ3v) is 3.41. The highest BCUT2D eigenvalue weighted by molar-refractivity contribution is 5.68. The maximum atomic E-state index is 12.1. The summed E-state index contributed by atoms with van der Waals surface area (Å²) in [6, 6.07) is 2.30. The van der Waals surface area contributed by atoms with Crippen LogP contribution in [-0.4, -0.2) is 45.5 Å². The summed E-state index contributed by atoms with van der Waals surface area (Å²) in [4.78, 5) is 13.9. The number of nitrogens with zero attached hydrogens (tertiary/aromatic N) is 3. The fourth-order valence-corrected chi connectivity index (χ4v) is 2.44. The van der Waals surface area contributed by atoms with E-state index in [1.54, 1.807) is 9.58 Å². The van der Waals surface area contributed by atoms with E-state index in [0.717, 1.165) is 31.6 Å². The summed E-state index contributed by atoms with van der Waals surface area (Å²) in [6.07, 6.45) is 3.79. The average molecular weight is 294 g/mol. The molecule has 0 bridgehead atoms. The first kappa shape index (κ1) is 15.8. The Morgan fingerprint density at radius 1 is 1.52 bits per heavy atom. The van der Waals surface area contributed by atoms with Crippen molar-refractivity contribution in [3.05, 3.63) is 18.0 Å². The SMILES string of the molecule is Cn1ccc(CNC2CCCN(C(=O)OC(C)(C)C)C2)n1. The molecule has 1 unspecified atom stereocenters. The number of carbonyl (C=O) groups is 1. The molecule has 21 heavy (non-hydrogen) atoms. The number of ether oxygens (including phenoxy) is 1. The second kappa shape index (κ2) is 6.47. The number of likely N-dealkylation sites (tertiary alicyclic amines) is 1. The van der Waals surface area contributed by atoms with Gasteiger partial charge in [-0.05, 0) is 39.7 Å². The quantitative estimate of drug-likeness (QED) is 0.925. The highest BCUT2D eigenvalue weighted by atomic mass is 16.6. The minimum absolute atomic E-state index is 0.216. The van der Waals surface area contributed by atoms with Gasteiger partial charge in [0.1, 0.15) is 5.60 Å². The average Bonchev–Trinajstić information content (AvgIpc) is 2.81. The minimum atomic E-state index is -0.439. The van der Waals surface area contributed by atoms with Crippen molar-refractivity contribution in [2.45, 2.75) is 51.8 Å². The first-order valence-corrected chi connectivity index (χ1v) is 7.53. The first-order valence-electron chi connectivity index (χ1n) is 7.53. The fraction of sp³-hybridized carbons (Fsp3) is 0.733. The van der Waals surface area contributed by atoms with E-state index in [4.69, 9.17) is 4.74 Å². The molecule has 0 spiro atoms. The van der Waals surface area contributed by atoms with Crippen LogP contribution in [0, 0.1) is 0 Å². The molecular formula is C15H26N4O2. The zero-order valence-electron chi connectivity index (χ0n) is 13.4. The van der Waals surface area contributed by atoms with Crippen LogP contribution in [0.1, 0.15) is 39.3 Å². The summed E-state index contributed by atoms with van der Waals surface area (Å²) in [6.45, 7) is 7.88. The number of piperidine rings is 1. The molecule has 0 aliphatic carbocycles. The van der Waals surface area contributed by atoms with Crippen LogP contribution in [0.3, 0.4) is 0 Å². The van der Waals surface area contributed by atoms with Crippen molar-refractivity contribution in [1.82, 2.24) is 20.0 Å². The Hall–Kier alpha value is -1.56. The van der Waals surface area contributed by atoms with Crippen molar-refractivity contribution >= 4 is 6.09 Å². The van der Waals surface area contributed by atoms with E-state index in [2.05, 4.69) is 10.4 Å². The molecule has 1 aliphatic heterocycles. The molecule has 6 nitrogen and oxygen atoms in total. The number of rotatable bonds is 3. The normalized spacial score (nSPS) is 19.6. The predicted octanol–water partition coefficient (Wildman–Crippen LogP) is 1.91. The number of amides is 1. The smallest absolute Gasteiger partial charge is 0.410 e. The van der Waals surface area contributed by atoms with Crippen LogP contribution >= 0.6 is 0 Å². The summed E-state index contributed by atoms with van der Waals surface area (Å²) in [5, 5.41) is 7.82. The van der Waals surface area contributed by atoms with Gasteiger partial charge >= 0.3 is 6.09 Å². The lowest BCUT2D eigenvalue weighted by atomic mass is 10.1. The van der Waals surface area contributed by atoms with Gasteiger partial charge in [-0.25, -0.2) is 4.79 Å². The summed E-state index contributed by atoms with van der Waals surface area (Å²) in [5.74, 6) is 0. The minimum Gasteiger partial charge on any atom is -0.444 e. The summed E-state index contributed by atoms with van der Waals surface area (Å²) in [5.41, 5.74) is 0.581. The van der Waals surface area contributed by atoms with Gasteiger partial charge in [0.2, 0.25) is 0 Å². The van der Waals surface area contributed by atoms with E-state index in [-0.39, 0.29) is 6.09 Å². The summed E-state index contributed by atoms with van der Waals surface area (Å²) < 4.78 is 7.23. The lowest BCUT2D eigenvalue weighted by molar-refractivity contribution is 0.0187. The van der Waals surface area contributed by atoms with Gasteiger partial charge in [0.05, 0.1) is 5.69 Å². The second-order valence-corrected chi connectivity index (χ2v) is 6.63. The Labute approximate surface area is 126 Å². The number of aromatic nitrogens is 2. The van der Waals surface area contributed by atoms with Crippen molar-refractivity contribution in [2.24, 2.45) is 7.05 Å². The van der Waals surface area contributed by atoms with Crippen LogP contribution < -0.4 is 5.32 Å². The third-order valence-electron chi connectivity index (χ3n) is 3.41. The van der Waals surface area contributed by atoms with Crippen LogP contribution in [-0.2, 0) is 18.3 Å². The highest BCUT2D eigenvalue weighted by Gasteiger charge is 2.27. The Kier molecular flexibility index (Phi) is 4.88.